The zero-order chi connectivity index (χ0) is 11.9. The van der Waals surface area contributed by atoms with Crippen LogP contribution in [-0.4, -0.2) is 13.2 Å². The van der Waals surface area contributed by atoms with Gasteiger partial charge in [-0.1, -0.05) is 39.9 Å². The predicted molar refractivity (Wildman–Crippen MR) is 74.1 cm³/mol. The van der Waals surface area contributed by atoms with Gasteiger partial charge in [-0.2, -0.15) is 0 Å². The Hall–Kier alpha value is 1.54. The van der Waals surface area contributed by atoms with Crippen LogP contribution in [0, 0.1) is 11.8 Å². The molecule has 0 unspecified atom stereocenters. The van der Waals surface area contributed by atoms with Gasteiger partial charge in [0.15, 0.2) is 0 Å². The van der Waals surface area contributed by atoms with Gasteiger partial charge in [-0.05, 0) is 36.5 Å². The molecule has 0 N–H and O–H groups in total. The maximum absolute atomic E-state index is 5.49. The van der Waals surface area contributed by atoms with Crippen molar-refractivity contribution in [2.24, 2.45) is 11.8 Å². The molecular formula is C10H23O2PS2Zn+2. The molecule has 0 aromatic carbocycles. The topological polar surface area (TPSA) is 18.5 Å². The zero-order valence-corrected chi connectivity index (χ0v) is 16.4. The van der Waals surface area contributed by atoms with E-state index in [0.717, 1.165) is 12.8 Å². The normalized spacial score (nSPS) is 11.9. The first-order valence-electron chi connectivity index (χ1n) is 5.45. The van der Waals surface area contributed by atoms with Gasteiger partial charge < -0.3 is 9.05 Å². The van der Waals surface area contributed by atoms with Crippen LogP contribution in [0.5, 0.6) is 0 Å². The average Bonchev–Trinajstić information content (AvgIpc) is 2.01. The van der Waals surface area contributed by atoms with Crippen molar-refractivity contribution in [2.45, 2.75) is 40.5 Å². The van der Waals surface area contributed by atoms with Gasteiger partial charge in [0.2, 0.25) is 5.69 Å². The van der Waals surface area contributed by atoms with Crippen molar-refractivity contribution in [1.29, 1.82) is 0 Å². The molecule has 0 aliphatic rings. The number of rotatable bonds is 8. The maximum Gasteiger partial charge on any atom is 2.00 e. The molecule has 0 aliphatic carbocycles. The van der Waals surface area contributed by atoms with Gasteiger partial charge in [-0.3, -0.25) is 0 Å². The summed E-state index contributed by atoms with van der Waals surface area (Å²) in [5, 5.41) is 0. The Morgan fingerprint density at radius 1 is 1.00 bits per heavy atom. The van der Waals surface area contributed by atoms with Crippen LogP contribution in [0.2, 0.25) is 0 Å². The second kappa shape index (κ2) is 10.5. The van der Waals surface area contributed by atoms with E-state index in [0.29, 0.717) is 25.0 Å². The maximum atomic E-state index is 5.49. The van der Waals surface area contributed by atoms with Crippen LogP contribution in [0.15, 0.2) is 0 Å². The van der Waals surface area contributed by atoms with E-state index >= 15 is 0 Å². The van der Waals surface area contributed by atoms with Gasteiger partial charge in [-0.15, -0.1) is 0 Å². The Morgan fingerprint density at radius 2 is 1.31 bits per heavy atom. The van der Waals surface area contributed by atoms with Crippen molar-refractivity contribution in [1.82, 2.24) is 0 Å². The third-order valence-corrected chi connectivity index (χ3v) is 4.24. The van der Waals surface area contributed by atoms with E-state index in [9.17, 15) is 0 Å². The molecule has 0 rings (SSSR count). The summed E-state index contributed by atoms with van der Waals surface area (Å²) < 4.78 is 11.0. The van der Waals surface area contributed by atoms with Gasteiger partial charge in [-0.25, -0.2) is 0 Å². The average molecular weight is 336 g/mol. The third-order valence-electron chi connectivity index (χ3n) is 1.90. The molecule has 0 heterocycles. The van der Waals surface area contributed by atoms with Gasteiger partial charge >= 0.3 is 19.5 Å². The zero-order valence-electron chi connectivity index (χ0n) is 10.8. The van der Waals surface area contributed by atoms with Gasteiger partial charge in [0, 0.05) is 0 Å². The van der Waals surface area contributed by atoms with Gasteiger partial charge in [0.25, 0.3) is 0 Å². The molecular weight excluding hydrogens is 313 g/mol. The molecule has 0 amide bonds. The Morgan fingerprint density at radius 3 is 1.56 bits per heavy atom. The number of thiol groups is 1. The van der Waals surface area contributed by atoms with Crippen molar-refractivity contribution in [2.75, 3.05) is 13.2 Å². The summed E-state index contributed by atoms with van der Waals surface area (Å²) in [4.78, 5) is 0. The van der Waals surface area contributed by atoms with Crippen molar-refractivity contribution < 1.29 is 28.5 Å². The number of hydrogen-bond acceptors (Lipinski definition) is 3. The molecule has 0 radical (unpaired) electrons. The fourth-order valence-corrected chi connectivity index (χ4v) is 2.53. The fourth-order valence-electron chi connectivity index (χ4n) is 0.845. The second-order valence-corrected chi connectivity index (χ2v) is 9.79. The van der Waals surface area contributed by atoms with E-state index in [1.54, 1.807) is 0 Å². The molecule has 0 saturated carbocycles. The summed E-state index contributed by atoms with van der Waals surface area (Å²) in [5.74, 6) is 1.26. The van der Waals surface area contributed by atoms with Crippen LogP contribution in [-0.2, 0) is 40.3 Å². The van der Waals surface area contributed by atoms with Gasteiger partial charge in [0.1, 0.15) is 0 Å². The molecule has 2 nitrogen and oxygen atoms in total. The van der Waals surface area contributed by atoms with Crippen LogP contribution in [0.4, 0.5) is 0 Å². The van der Waals surface area contributed by atoms with Gasteiger partial charge in [0.05, 0.1) is 13.2 Å². The minimum absolute atomic E-state index is 0. The molecule has 0 saturated heterocycles. The second-order valence-electron chi connectivity index (χ2n) is 4.50. The van der Waals surface area contributed by atoms with Crippen molar-refractivity contribution in [3.8, 4) is 0 Å². The van der Waals surface area contributed by atoms with E-state index in [1.807, 2.05) is 0 Å². The summed E-state index contributed by atoms with van der Waals surface area (Å²) in [7, 11) is 0. The van der Waals surface area contributed by atoms with Crippen molar-refractivity contribution in [3.05, 3.63) is 0 Å². The summed E-state index contributed by atoms with van der Waals surface area (Å²) in [5.41, 5.74) is -2.28. The Bertz CT molecular complexity index is 195. The summed E-state index contributed by atoms with van der Waals surface area (Å²) in [6, 6.07) is 0. The van der Waals surface area contributed by atoms with Crippen LogP contribution in [0.3, 0.4) is 0 Å². The molecule has 92 valence electrons. The molecule has 16 heavy (non-hydrogen) atoms. The van der Waals surface area contributed by atoms with E-state index in [-0.39, 0.29) is 19.5 Å². The van der Waals surface area contributed by atoms with E-state index in [2.05, 4.69) is 39.9 Å². The SMILES string of the molecule is CC(C)CCOP(=S)(S)OCCC(C)C.[Zn+2]. The molecule has 0 aromatic rings. The molecule has 0 aromatic heterocycles. The smallest absolute Gasteiger partial charge is 0.322 e. The summed E-state index contributed by atoms with van der Waals surface area (Å²) in [6.07, 6.45) is 2.01. The fraction of sp³-hybridized carbons (Fsp3) is 1.00. The first-order chi connectivity index (χ1) is 6.83. The first-order valence-corrected chi connectivity index (χ1v) is 9.24. The molecule has 0 atom stereocenters. The third kappa shape index (κ3) is 13.6. The Labute approximate surface area is 123 Å². The quantitative estimate of drug-likeness (QED) is 0.406. The summed E-state index contributed by atoms with van der Waals surface area (Å²) >= 11 is 9.45. The molecule has 0 fully saturated rings. The van der Waals surface area contributed by atoms with E-state index in [4.69, 9.17) is 20.9 Å². The Balaban J connectivity index is 0. The van der Waals surface area contributed by atoms with Crippen LogP contribution in [0.25, 0.3) is 0 Å². The monoisotopic (exact) mass is 334 g/mol. The van der Waals surface area contributed by atoms with Crippen LogP contribution in [0.1, 0.15) is 40.5 Å². The van der Waals surface area contributed by atoms with Crippen molar-refractivity contribution in [3.63, 3.8) is 0 Å². The molecule has 0 spiro atoms. The largest absolute Gasteiger partial charge is 2.00 e. The van der Waals surface area contributed by atoms with E-state index < -0.39 is 5.69 Å². The Kier molecular flexibility index (Phi) is 13.0. The van der Waals surface area contributed by atoms with Crippen LogP contribution >= 0.6 is 17.9 Å². The number of hydrogen-bond donors (Lipinski definition) is 1. The van der Waals surface area contributed by atoms with E-state index in [1.165, 1.54) is 0 Å². The molecule has 6 heteroatoms. The standard InChI is InChI=1S/C10H23O2PS2.Zn/c1-9(2)5-7-11-13(14,15)12-8-6-10(3)4;/h9-10H,5-8H2,1-4H3,(H,14,15);/q;+2. The predicted octanol–water partition coefficient (Wildman–Crippen LogP) is 4.26. The van der Waals surface area contributed by atoms with Crippen LogP contribution < -0.4 is 0 Å². The molecule has 0 aliphatic heterocycles. The first kappa shape index (κ1) is 19.9. The summed E-state index contributed by atoms with van der Waals surface area (Å²) in [6.45, 7) is 9.94. The molecule has 0 bridgehead atoms. The minimum Gasteiger partial charge on any atom is -0.322 e. The van der Waals surface area contributed by atoms with Crippen molar-refractivity contribution >= 4 is 29.7 Å². The minimum atomic E-state index is -2.28.